The van der Waals surface area contributed by atoms with E-state index in [0.717, 1.165) is 36.0 Å². The summed E-state index contributed by atoms with van der Waals surface area (Å²) < 4.78 is 0. The maximum absolute atomic E-state index is 4.38. The molecule has 0 saturated carbocycles. The summed E-state index contributed by atoms with van der Waals surface area (Å²) in [5, 5.41) is 10.7. The SMILES string of the molecule is Cc1nc(-c2cccc(NC3CCN(C)CC3)c2)n[nH]1. The Morgan fingerprint density at radius 2 is 2.10 bits per heavy atom. The van der Waals surface area contributed by atoms with Crippen molar-refractivity contribution in [2.75, 3.05) is 25.5 Å². The number of hydrogen-bond donors (Lipinski definition) is 2. The molecule has 1 aromatic carbocycles. The molecule has 2 N–H and O–H groups in total. The van der Waals surface area contributed by atoms with Crippen molar-refractivity contribution in [1.29, 1.82) is 0 Å². The van der Waals surface area contributed by atoms with Gasteiger partial charge in [-0.1, -0.05) is 12.1 Å². The van der Waals surface area contributed by atoms with Crippen LogP contribution in [0.25, 0.3) is 11.4 Å². The van der Waals surface area contributed by atoms with Gasteiger partial charge in [-0.2, -0.15) is 5.10 Å². The van der Waals surface area contributed by atoms with E-state index in [0.29, 0.717) is 6.04 Å². The Morgan fingerprint density at radius 1 is 1.30 bits per heavy atom. The van der Waals surface area contributed by atoms with Crippen LogP contribution in [0.5, 0.6) is 0 Å². The van der Waals surface area contributed by atoms with E-state index >= 15 is 0 Å². The summed E-state index contributed by atoms with van der Waals surface area (Å²) >= 11 is 0. The van der Waals surface area contributed by atoms with Crippen molar-refractivity contribution in [3.63, 3.8) is 0 Å². The predicted molar refractivity (Wildman–Crippen MR) is 80.7 cm³/mol. The highest BCUT2D eigenvalue weighted by molar-refractivity contribution is 5.62. The Kier molecular flexibility index (Phi) is 3.69. The van der Waals surface area contributed by atoms with Gasteiger partial charge in [0, 0.05) is 17.3 Å². The lowest BCUT2D eigenvalue weighted by Crippen LogP contribution is -2.36. The van der Waals surface area contributed by atoms with Crippen molar-refractivity contribution in [2.45, 2.75) is 25.8 Å². The number of nitrogens with zero attached hydrogens (tertiary/aromatic N) is 3. The van der Waals surface area contributed by atoms with Crippen LogP contribution in [0.15, 0.2) is 24.3 Å². The molecule has 20 heavy (non-hydrogen) atoms. The van der Waals surface area contributed by atoms with Gasteiger partial charge in [0.05, 0.1) is 0 Å². The van der Waals surface area contributed by atoms with Crippen LogP contribution in [-0.4, -0.2) is 46.3 Å². The lowest BCUT2D eigenvalue weighted by atomic mass is 10.0. The Hall–Kier alpha value is -1.88. The average Bonchev–Trinajstić information content (AvgIpc) is 2.89. The highest BCUT2D eigenvalue weighted by Crippen LogP contribution is 2.21. The molecule has 106 valence electrons. The Morgan fingerprint density at radius 3 is 2.80 bits per heavy atom. The van der Waals surface area contributed by atoms with E-state index in [1.807, 2.05) is 13.0 Å². The summed E-state index contributed by atoms with van der Waals surface area (Å²) in [5.74, 6) is 1.60. The van der Waals surface area contributed by atoms with Gasteiger partial charge in [0.25, 0.3) is 0 Å². The van der Waals surface area contributed by atoms with Crippen LogP contribution in [-0.2, 0) is 0 Å². The maximum Gasteiger partial charge on any atom is 0.181 e. The molecule has 2 aromatic rings. The number of benzene rings is 1. The largest absolute Gasteiger partial charge is 0.382 e. The highest BCUT2D eigenvalue weighted by Gasteiger charge is 2.16. The van der Waals surface area contributed by atoms with E-state index in [9.17, 15) is 0 Å². The molecular weight excluding hydrogens is 250 g/mol. The van der Waals surface area contributed by atoms with E-state index in [1.165, 1.54) is 12.8 Å². The van der Waals surface area contributed by atoms with Gasteiger partial charge in [0.15, 0.2) is 5.82 Å². The minimum atomic E-state index is 0.565. The highest BCUT2D eigenvalue weighted by atomic mass is 15.2. The van der Waals surface area contributed by atoms with Gasteiger partial charge >= 0.3 is 0 Å². The molecule has 1 saturated heterocycles. The maximum atomic E-state index is 4.38. The molecule has 1 aliphatic rings. The van der Waals surface area contributed by atoms with E-state index < -0.39 is 0 Å². The quantitative estimate of drug-likeness (QED) is 0.899. The lowest BCUT2D eigenvalue weighted by molar-refractivity contribution is 0.264. The van der Waals surface area contributed by atoms with Crippen molar-refractivity contribution in [3.05, 3.63) is 30.1 Å². The van der Waals surface area contributed by atoms with Gasteiger partial charge in [-0.05, 0) is 52.0 Å². The fraction of sp³-hybridized carbons (Fsp3) is 0.467. The Bertz CT molecular complexity index is 569. The third-order valence-corrected chi connectivity index (χ3v) is 3.81. The average molecular weight is 271 g/mol. The fourth-order valence-corrected chi connectivity index (χ4v) is 2.61. The minimum Gasteiger partial charge on any atom is -0.382 e. The molecule has 0 radical (unpaired) electrons. The first kappa shape index (κ1) is 13.1. The van der Waals surface area contributed by atoms with Crippen molar-refractivity contribution >= 4 is 5.69 Å². The number of aryl methyl sites for hydroxylation is 1. The van der Waals surface area contributed by atoms with Crippen molar-refractivity contribution in [3.8, 4) is 11.4 Å². The van der Waals surface area contributed by atoms with Crippen LogP contribution in [0.4, 0.5) is 5.69 Å². The van der Waals surface area contributed by atoms with Crippen LogP contribution in [0, 0.1) is 6.92 Å². The van der Waals surface area contributed by atoms with Crippen molar-refractivity contribution in [2.24, 2.45) is 0 Å². The zero-order chi connectivity index (χ0) is 13.9. The molecule has 0 spiro atoms. The fourth-order valence-electron chi connectivity index (χ4n) is 2.61. The summed E-state index contributed by atoms with van der Waals surface area (Å²) in [4.78, 5) is 6.76. The number of hydrogen-bond acceptors (Lipinski definition) is 4. The van der Waals surface area contributed by atoms with Gasteiger partial charge in [-0.15, -0.1) is 0 Å². The van der Waals surface area contributed by atoms with Crippen LogP contribution in [0.3, 0.4) is 0 Å². The topological polar surface area (TPSA) is 56.8 Å². The van der Waals surface area contributed by atoms with E-state index in [1.54, 1.807) is 0 Å². The van der Waals surface area contributed by atoms with Gasteiger partial charge in [0.1, 0.15) is 5.82 Å². The summed E-state index contributed by atoms with van der Waals surface area (Å²) in [6.07, 6.45) is 2.39. The molecule has 0 atom stereocenters. The minimum absolute atomic E-state index is 0.565. The zero-order valence-corrected chi connectivity index (χ0v) is 12.1. The summed E-state index contributed by atoms with van der Waals surface area (Å²) in [6, 6.07) is 8.90. The number of piperidine rings is 1. The number of rotatable bonds is 3. The number of aromatic amines is 1. The van der Waals surface area contributed by atoms with Crippen LogP contribution < -0.4 is 5.32 Å². The standard InChI is InChI=1S/C15H21N5/c1-11-16-15(19-18-11)12-4-3-5-14(10-12)17-13-6-8-20(2)9-7-13/h3-5,10,13,17H,6-9H2,1-2H3,(H,16,18,19). The molecule has 0 bridgehead atoms. The molecule has 5 heteroatoms. The number of likely N-dealkylation sites (tertiary alicyclic amines) is 1. The van der Waals surface area contributed by atoms with Gasteiger partial charge in [-0.3, -0.25) is 5.10 Å². The molecule has 1 fully saturated rings. The van der Waals surface area contributed by atoms with Crippen molar-refractivity contribution < 1.29 is 0 Å². The first-order valence-corrected chi connectivity index (χ1v) is 7.15. The second-order valence-corrected chi connectivity index (χ2v) is 5.55. The Labute approximate surface area is 119 Å². The van der Waals surface area contributed by atoms with Gasteiger partial charge in [0.2, 0.25) is 0 Å². The molecule has 3 rings (SSSR count). The second kappa shape index (κ2) is 5.63. The van der Waals surface area contributed by atoms with Crippen LogP contribution in [0.2, 0.25) is 0 Å². The van der Waals surface area contributed by atoms with E-state index in [2.05, 4.69) is 50.6 Å². The Balaban J connectivity index is 1.71. The molecule has 0 unspecified atom stereocenters. The van der Waals surface area contributed by atoms with Gasteiger partial charge in [-0.25, -0.2) is 4.98 Å². The molecular formula is C15H21N5. The lowest BCUT2D eigenvalue weighted by Gasteiger charge is -2.30. The number of anilines is 1. The van der Waals surface area contributed by atoms with E-state index in [-0.39, 0.29) is 0 Å². The third kappa shape index (κ3) is 2.99. The number of nitrogens with one attached hydrogen (secondary N) is 2. The molecule has 1 aromatic heterocycles. The smallest absolute Gasteiger partial charge is 0.181 e. The first-order valence-electron chi connectivity index (χ1n) is 7.15. The predicted octanol–water partition coefficient (Wildman–Crippen LogP) is 2.29. The molecule has 5 nitrogen and oxygen atoms in total. The molecule has 1 aliphatic heterocycles. The molecule has 0 aliphatic carbocycles. The van der Waals surface area contributed by atoms with Gasteiger partial charge < -0.3 is 10.2 Å². The second-order valence-electron chi connectivity index (χ2n) is 5.55. The van der Waals surface area contributed by atoms with Crippen LogP contribution in [0.1, 0.15) is 18.7 Å². The number of aromatic nitrogens is 3. The zero-order valence-electron chi connectivity index (χ0n) is 12.1. The van der Waals surface area contributed by atoms with E-state index in [4.69, 9.17) is 0 Å². The summed E-state index contributed by atoms with van der Waals surface area (Å²) in [7, 11) is 2.18. The molecule has 2 heterocycles. The molecule has 0 amide bonds. The summed E-state index contributed by atoms with van der Waals surface area (Å²) in [5.41, 5.74) is 2.20. The third-order valence-electron chi connectivity index (χ3n) is 3.81. The number of H-pyrrole nitrogens is 1. The summed E-state index contributed by atoms with van der Waals surface area (Å²) in [6.45, 7) is 4.24. The first-order chi connectivity index (χ1) is 9.70. The van der Waals surface area contributed by atoms with Crippen LogP contribution >= 0.6 is 0 Å². The monoisotopic (exact) mass is 271 g/mol. The normalized spacial score (nSPS) is 17.3. The van der Waals surface area contributed by atoms with Crippen molar-refractivity contribution in [1.82, 2.24) is 20.1 Å².